The monoisotopic (exact) mass is 296 g/mol. The SMILES string of the molecule is C=CC(OC1C(O)C(O)C(O)C(O)C1O)c1ccccc1. The van der Waals surface area contributed by atoms with Crippen LogP contribution in [0.5, 0.6) is 0 Å². The minimum absolute atomic E-state index is 0.629. The van der Waals surface area contributed by atoms with Gasteiger partial charge in [0.05, 0.1) is 0 Å². The molecule has 6 nitrogen and oxygen atoms in total. The number of aliphatic hydroxyl groups is 5. The summed E-state index contributed by atoms with van der Waals surface area (Å²) in [6.07, 6.45) is -8.28. The predicted molar refractivity (Wildman–Crippen MR) is 74.3 cm³/mol. The zero-order chi connectivity index (χ0) is 15.6. The first-order valence-electron chi connectivity index (χ1n) is 6.70. The Bertz CT molecular complexity index is 448. The molecular formula is C15H20O6. The number of hydrogen-bond acceptors (Lipinski definition) is 6. The first-order valence-corrected chi connectivity index (χ1v) is 6.70. The van der Waals surface area contributed by atoms with Gasteiger partial charge < -0.3 is 30.3 Å². The van der Waals surface area contributed by atoms with Gasteiger partial charge in [0.15, 0.2) is 0 Å². The van der Waals surface area contributed by atoms with E-state index in [1.807, 2.05) is 6.07 Å². The Labute approximate surface area is 122 Å². The third-order valence-corrected chi connectivity index (χ3v) is 3.72. The van der Waals surface area contributed by atoms with Crippen LogP contribution < -0.4 is 0 Å². The van der Waals surface area contributed by atoms with Crippen molar-refractivity contribution in [2.75, 3.05) is 0 Å². The molecule has 6 heteroatoms. The molecule has 116 valence electrons. The molecule has 1 aliphatic rings. The van der Waals surface area contributed by atoms with Crippen molar-refractivity contribution in [3.8, 4) is 0 Å². The highest BCUT2D eigenvalue weighted by atomic mass is 16.5. The number of hydrogen-bond donors (Lipinski definition) is 5. The molecule has 5 unspecified atom stereocenters. The van der Waals surface area contributed by atoms with Crippen molar-refractivity contribution < 1.29 is 30.3 Å². The second-order valence-corrected chi connectivity index (χ2v) is 5.12. The van der Waals surface area contributed by atoms with Crippen LogP contribution in [-0.2, 0) is 4.74 Å². The van der Waals surface area contributed by atoms with E-state index in [2.05, 4.69) is 6.58 Å². The summed E-state index contributed by atoms with van der Waals surface area (Å²) < 4.78 is 5.59. The maximum absolute atomic E-state index is 9.95. The molecular weight excluding hydrogens is 276 g/mol. The lowest BCUT2D eigenvalue weighted by Gasteiger charge is -2.42. The summed E-state index contributed by atoms with van der Waals surface area (Å²) in [5, 5.41) is 48.8. The molecule has 0 saturated heterocycles. The number of aliphatic hydroxyl groups excluding tert-OH is 5. The number of rotatable bonds is 4. The normalized spacial score (nSPS) is 38.0. The molecule has 5 atom stereocenters. The van der Waals surface area contributed by atoms with E-state index >= 15 is 0 Å². The van der Waals surface area contributed by atoms with Crippen LogP contribution in [0.2, 0.25) is 0 Å². The lowest BCUT2D eigenvalue weighted by Crippen LogP contribution is -2.64. The molecule has 21 heavy (non-hydrogen) atoms. The fourth-order valence-electron chi connectivity index (χ4n) is 2.44. The molecule has 0 radical (unpaired) electrons. The van der Waals surface area contributed by atoms with E-state index in [1.165, 1.54) is 6.08 Å². The first-order chi connectivity index (χ1) is 9.97. The Kier molecular flexibility index (Phi) is 5.10. The first kappa shape index (κ1) is 16.1. The molecule has 0 spiro atoms. The van der Waals surface area contributed by atoms with Gasteiger partial charge in [-0.2, -0.15) is 0 Å². The summed E-state index contributed by atoms with van der Waals surface area (Å²) >= 11 is 0. The van der Waals surface area contributed by atoms with Crippen molar-refractivity contribution in [1.29, 1.82) is 0 Å². The van der Waals surface area contributed by atoms with Crippen molar-refractivity contribution in [2.45, 2.75) is 42.7 Å². The number of ether oxygens (including phenoxy) is 1. The van der Waals surface area contributed by atoms with E-state index in [-0.39, 0.29) is 0 Å². The summed E-state index contributed by atoms with van der Waals surface area (Å²) in [6.45, 7) is 3.64. The fraction of sp³-hybridized carbons (Fsp3) is 0.467. The summed E-state index contributed by atoms with van der Waals surface area (Å²) in [6, 6.07) is 9.01. The Morgan fingerprint density at radius 3 is 1.81 bits per heavy atom. The molecule has 0 bridgehead atoms. The molecule has 5 N–H and O–H groups in total. The van der Waals surface area contributed by atoms with Crippen molar-refractivity contribution >= 4 is 0 Å². The van der Waals surface area contributed by atoms with Crippen molar-refractivity contribution in [3.63, 3.8) is 0 Å². The maximum Gasteiger partial charge on any atom is 0.116 e. The van der Waals surface area contributed by atoms with Gasteiger partial charge in [0.2, 0.25) is 0 Å². The van der Waals surface area contributed by atoms with E-state index in [4.69, 9.17) is 4.74 Å². The van der Waals surface area contributed by atoms with Crippen molar-refractivity contribution in [2.24, 2.45) is 0 Å². The molecule has 0 amide bonds. The second kappa shape index (κ2) is 6.65. The van der Waals surface area contributed by atoms with Gasteiger partial charge in [-0.3, -0.25) is 0 Å². The van der Waals surface area contributed by atoms with Crippen LogP contribution in [0.15, 0.2) is 43.0 Å². The van der Waals surface area contributed by atoms with Gasteiger partial charge in [-0.25, -0.2) is 0 Å². The van der Waals surface area contributed by atoms with Crippen LogP contribution >= 0.6 is 0 Å². The van der Waals surface area contributed by atoms with E-state index in [0.29, 0.717) is 0 Å². The highest BCUT2D eigenvalue weighted by molar-refractivity contribution is 5.21. The summed E-state index contributed by atoms with van der Waals surface area (Å²) in [5.74, 6) is 0. The molecule has 0 aliphatic heterocycles. The number of benzene rings is 1. The summed E-state index contributed by atoms with van der Waals surface area (Å²) in [4.78, 5) is 0. The lowest BCUT2D eigenvalue weighted by atomic mass is 9.84. The highest BCUT2D eigenvalue weighted by Crippen LogP contribution is 2.29. The third kappa shape index (κ3) is 3.16. The molecule has 1 aromatic carbocycles. The van der Waals surface area contributed by atoms with Gasteiger partial charge in [-0.05, 0) is 5.56 Å². The Morgan fingerprint density at radius 2 is 1.33 bits per heavy atom. The van der Waals surface area contributed by atoms with E-state index < -0.39 is 42.7 Å². The van der Waals surface area contributed by atoms with E-state index in [0.717, 1.165) is 5.56 Å². The zero-order valence-electron chi connectivity index (χ0n) is 11.4. The van der Waals surface area contributed by atoms with Crippen LogP contribution in [0, 0.1) is 0 Å². The van der Waals surface area contributed by atoms with Gasteiger partial charge in [0, 0.05) is 0 Å². The molecule has 0 aromatic heterocycles. The third-order valence-electron chi connectivity index (χ3n) is 3.72. The average Bonchev–Trinajstić information content (AvgIpc) is 2.52. The molecule has 1 aromatic rings. The lowest BCUT2D eigenvalue weighted by molar-refractivity contribution is -0.241. The molecule has 1 fully saturated rings. The average molecular weight is 296 g/mol. The van der Waals surface area contributed by atoms with Gasteiger partial charge in [0.25, 0.3) is 0 Å². The van der Waals surface area contributed by atoms with E-state index in [1.54, 1.807) is 24.3 Å². The van der Waals surface area contributed by atoms with Crippen LogP contribution in [0.25, 0.3) is 0 Å². The zero-order valence-corrected chi connectivity index (χ0v) is 11.4. The van der Waals surface area contributed by atoms with Crippen LogP contribution in [0.4, 0.5) is 0 Å². The topological polar surface area (TPSA) is 110 Å². The van der Waals surface area contributed by atoms with E-state index in [9.17, 15) is 25.5 Å². The predicted octanol–water partition coefficient (Wildman–Crippen LogP) is -0.883. The minimum atomic E-state index is -1.63. The Balaban J connectivity index is 2.18. The van der Waals surface area contributed by atoms with Gasteiger partial charge >= 0.3 is 0 Å². The molecule has 1 aliphatic carbocycles. The van der Waals surface area contributed by atoms with Crippen LogP contribution in [0.1, 0.15) is 11.7 Å². The quantitative estimate of drug-likeness (QED) is 0.461. The fourth-order valence-corrected chi connectivity index (χ4v) is 2.44. The minimum Gasteiger partial charge on any atom is -0.387 e. The molecule has 2 rings (SSSR count). The summed E-state index contributed by atoms with van der Waals surface area (Å²) in [7, 11) is 0. The smallest absolute Gasteiger partial charge is 0.116 e. The van der Waals surface area contributed by atoms with Gasteiger partial charge in [-0.1, -0.05) is 36.4 Å². The second-order valence-electron chi connectivity index (χ2n) is 5.12. The van der Waals surface area contributed by atoms with Crippen LogP contribution in [0.3, 0.4) is 0 Å². The van der Waals surface area contributed by atoms with Gasteiger partial charge in [0.1, 0.15) is 42.7 Å². The highest BCUT2D eigenvalue weighted by Gasteiger charge is 2.49. The molecule has 0 heterocycles. The van der Waals surface area contributed by atoms with Crippen molar-refractivity contribution in [1.82, 2.24) is 0 Å². The summed E-state index contributed by atoms with van der Waals surface area (Å²) in [5.41, 5.74) is 0.752. The maximum atomic E-state index is 9.95. The standard InChI is InChI=1S/C15H20O6/c1-2-9(8-6-4-3-5-7-8)21-15-13(19)11(17)10(16)12(18)14(15)20/h2-7,9-20H,1H2. The Hall–Kier alpha value is -1.28. The molecule has 1 saturated carbocycles. The van der Waals surface area contributed by atoms with Crippen molar-refractivity contribution in [3.05, 3.63) is 48.6 Å². The largest absolute Gasteiger partial charge is 0.387 e. The Morgan fingerprint density at radius 1 is 0.857 bits per heavy atom. The van der Waals surface area contributed by atoms with Gasteiger partial charge in [-0.15, -0.1) is 6.58 Å². The van der Waals surface area contributed by atoms with Crippen LogP contribution in [-0.4, -0.2) is 62.2 Å².